The number of nitrogens with zero attached hydrogens (tertiary/aromatic N) is 5. The molecule has 3 amide bonds. The van der Waals surface area contributed by atoms with Crippen LogP contribution in [0.4, 0.5) is 19.0 Å². The number of nitrogens with one attached hydrogen (secondary N) is 1. The number of ether oxygens (including phenoxy) is 1. The molecule has 6 rings (SSSR count). The van der Waals surface area contributed by atoms with Crippen LogP contribution in [0.5, 0.6) is 0 Å². The third-order valence-corrected chi connectivity index (χ3v) is 7.95. The summed E-state index contributed by atoms with van der Waals surface area (Å²) in [5.41, 5.74) is 0.588. The molecule has 0 bridgehead atoms. The molecule has 2 unspecified atom stereocenters. The second-order valence-corrected chi connectivity index (χ2v) is 11.3. The van der Waals surface area contributed by atoms with E-state index in [0.717, 1.165) is 67.8 Å². The number of amides is 3. The number of alkyl halides is 3. The normalized spacial score (nSPS) is 21.2. The highest BCUT2D eigenvalue weighted by atomic mass is 19.4. The Hall–Kier alpha value is -3.92. The minimum Gasteiger partial charge on any atom is -0.381 e. The van der Waals surface area contributed by atoms with Crippen LogP contribution in [0, 0.1) is 18.3 Å². The maximum Gasteiger partial charge on any atom is 0.416 e. The molecule has 2 atom stereocenters. The average molecular weight is 617 g/mol. The number of aryl methyl sites for hydroxylation is 1. The zero-order valence-electron chi connectivity index (χ0n) is 25.1. The number of fused-ring (bicyclic) bond motifs is 1. The Balaban J connectivity index is 0.000000305. The van der Waals surface area contributed by atoms with Crippen molar-refractivity contribution in [2.24, 2.45) is 0 Å². The molecule has 3 aliphatic heterocycles. The Kier molecular flexibility index (Phi) is 11.0. The van der Waals surface area contributed by atoms with Gasteiger partial charge in [0.2, 0.25) is 6.41 Å². The number of rotatable bonds is 5. The van der Waals surface area contributed by atoms with Gasteiger partial charge in [-0.3, -0.25) is 19.3 Å². The van der Waals surface area contributed by atoms with E-state index in [-0.39, 0.29) is 30.0 Å². The third-order valence-electron chi connectivity index (χ3n) is 7.95. The van der Waals surface area contributed by atoms with E-state index in [1.54, 1.807) is 9.80 Å². The van der Waals surface area contributed by atoms with E-state index in [9.17, 15) is 27.6 Å². The Morgan fingerprint density at radius 2 is 1.89 bits per heavy atom. The van der Waals surface area contributed by atoms with Crippen molar-refractivity contribution in [2.75, 3.05) is 31.2 Å². The lowest BCUT2D eigenvalue weighted by Crippen LogP contribution is -2.53. The number of nitriles is 1. The molecule has 4 heterocycles. The Labute approximate surface area is 255 Å². The molecule has 13 heteroatoms. The van der Waals surface area contributed by atoms with Crippen LogP contribution in [0.15, 0.2) is 24.3 Å². The molecule has 10 nitrogen and oxygen atoms in total. The number of hydrogen-bond donors (Lipinski definition) is 1. The van der Waals surface area contributed by atoms with Crippen LogP contribution < -0.4 is 10.2 Å². The molecule has 1 N–H and O–H groups in total. The number of likely N-dealkylation sites (N-methyl/N-ethyl adjacent to an activating group) is 1. The van der Waals surface area contributed by atoms with Gasteiger partial charge in [-0.05, 0) is 57.7 Å². The van der Waals surface area contributed by atoms with Crippen molar-refractivity contribution in [2.45, 2.75) is 89.5 Å². The van der Waals surface area contributed by atoms with E-state index in [2.05, 4.69) is 16.5 Å². The summed E-state index contributed by atoms with van der Waals surface area (Å²) in [5, 5.41) is 15.7. The van der Waals surface area contributed by atoms with Gasteiger partial charge < -0.3 is 15.0 Å². The van der Waals surface area contributed by atoms with Crippen LogP contribution in [-0.2, 0) is 26.9 Å². The first kappa shape index (κ1) is 33.0. The zero-order chi connectivity index (χ0) is 31.9. The molecule has 4 aliphatic rings. The van der Waals surface area contributed by atoms with Crippen LogP contribution in [-0.4, -0.2) is 71.3 Å². The molecule has 238 valence electrons. The highest BCUT2D eigenvalue weighted by Gasteiger charge is 2.39. The summed E-state index contributed by atoms with van der Waals surface area (Å²) < 4.78 is 46.4. The highest BCUT2D eigenvalue weighted by Crippen LogP contribution is 2.35. The van der Waals surface area contributed by atoms with Crippen LogP contribution in [0.1, 0.15) is 85.1 Å². The summed E-state index contributed by atoms with van der Waals surface area (Å²) in [6, 6.07) is 5.34. The van der Waals surface area contributed by atoms with Crippen molar-refractivity contribution < 1.29 is 32.3 Å². The number of halogens is 3. The monoisotopic (exact) mass is 616 g/mol. The van der Waals surface area contributed by atoms with Crippen molar-refractivity contribution in [3.8, 4) is 6.07 Å². The molecule has 2 saturated heterocycles. The molecule has 1 aromatic heterocycles. The largest absolute Gasteiger partial charge is 0.416 e. The van der Waals surface area contributed by atoms with E-state index in [4.69, 9.17) is 10.00 Å². The summed E-state index contributed by atoms with van der Waals surface area (Å²) in [7, 11) is 0. The van der Waals surface area contributed by atoms with Gasteiger partial charge in [-0.2, -0.15) is 23.5 Å². The van der Waals surface area contributed by atoms with E-state index in [0.29, 0.717) is 19.8 Å². The fourth-order valence-corrected chi connectivity index (χ4v) is 5.41. The molecule has 1 aliphatic carbocycles. The van der Waals surface area contributed by atoms with Gasteiger partial charge in [0.1, 0.15) is 17.9 Å². The van der Waals surface area contributed by atoms with Crippen molar-refractivity contribution in [3.63, 3.8) is 0 Å². The summed E-state index contributed by atoms with van der Waals surface area (Å²) >= 11 is 0. The fourth-order valence-electron chi connectivity index (χ4n) is 5.41. The number of benzene rings is 1. The topological polar surface area (TPSA) is 121 Å². The smallest absolute Gasteiger partial charge is 0.381 e. The first-order valence-electron chi connectivity index (χ1n) is 15.1. The molecule has 3 fully saturated rings. The summed E-state index contributed by atoms with van der Waals surface area (Å²) in [5.74, 6) is -0.275. The first-order valence-corrected chi connectivity index (χ1v) is 15.1. The Morgan fingerprint density at radius 3 is 2.45 bits per heavy atom. The minimum atomic E-state index is -4.55. The number of aromatic nitrogens is 2. The van der Waals surface area contributed by atoms with Crippen LogP contribution in [0.25, 0.3) is 0 Å². The fraction of sp³-hybridized carbons (Fsp3) is 0.581. The first-order chi connectivity index (χ1) is 21.1. The SMILES string of the molecule is C1CC1.CCN1C(=O)C(NC(=O)c2cccc(C(F)(F)F)c2)Cc2c(C)nn(C3CCOCC3)c21.N#CC1CCCN1C=O. The predicted octanol–water partition coefficient (Wildman–Crippen LogP) is 4.57. The van der Waals surface area contributed by atoms with Gasteiger partial charge in [-0.1, -0.05) is 25.3 Å². The maximum atomic E-state index is 13.2. The Bertz CT molecular complexity index is 1360. The number of carbonyl (C=O) groups excluding carboxylic acids is 3. The summed E-state index contributed by atoms with van der Waals surface area (Å²) in [6.07, 6.45) is 4.35. The van der Waals surface area contributed by atoms with Crippen molar-refractivity contribution in [1.82, 2.24) is 20.0 Å². The number of hydrogen-bond acceptors (Lipinski definition) is 6. The molecule has 1 saturated carbocycles. The number of carbonyl (C=O) groups is 3. The molecular formula is C31H39F3N6O4. The van der Waals surface area contributed by atoms with E-state index in [1.165, 1.54) is 31.4 Å². The molecule has 1 aromatic carbocycles. The molecular weight excluding hydrogens is 577 g/mol. The van der Waals surface area contributed by atoms with Gasteiger partial charge in [0.15, 0.2) is 0 Å². The Morgan fingerprint density at radius 1 is 1.18 bits per heavy atom. The van der Waals surface area contributed by atoms with Gasteiger partial charge in [-0.25, -0.2) is 4.68 Å². The lowest BCUT2D eigenvalue weighted by atomic mass is 9.98. The maximum absolute atomic E-state index is 13.2. The zero-order valence-corrected chi connectivity index (χ0v) is 25.1. The average Bonchev–Trinajstić information content (AvgIpc) is 3.78. The summed E-state index contributed by atoms with van der Waals surface area (Å²) in [6.45, 7) is 6.11. The van der Waals surface area contributed by atoms with Gasteiger partial charge >= 0.3 is 6.18 Å². The van der Waals surface area contributed by atoms with Gasteiger partial charge in [-0.15, -0.1) is 0 Å². The van der Waals surface area contributed by atoms with E-state index in [1.807, 2.05) is 18.5 Å². The van der Waals surface area contributed by atoms with Crippen LogP contribution >= 0.6 is 0 Å². The lowest BCUT2D eigenvalue weighted by Gasteiger charge is -2.34. The van der Waals surface area contributed by atoms with Gasteiger partial charge in [0.25, 0.3) is 11.8 Å². The molecule has 44 heavy (non-hydrogen) atoms. The highest BCUT2D eigenvalue weighted by molar-refractivity contribution is 6.04. The predicted molar refractivity (Wildman–Crippen MR) is 156 cm³/mol. The molecule has 2 aromatic rings. The molecule has 0 radical (unpaired) electrons. The second-order valence-electron chi connectivity index (χ2n) is 11.3. The van der Waals surface area contributed by atoms with Crippen LogP contribution in [0.3, 0.4) is 0 Å². The van der Waals surface area contributed by atoms with E-state index >= 15 is 0 Å². The molecule has 0 spiro atoms. The quantitative estimate of drug-likeness (QED) is 0.492. The minimum absolute atomic E-state index is 0.129. The standard InChI is InChI=1S/C22H25F3N4O3.C6H8N2O.C3H6/c1-3-28-20-17(13(2)27-29(20)16-7-9-32-10-8-16)12-18(21(28)31)26-19(30)14-5-4-6-15(11-14)22(23,24)25;7-4-6-2-1-3-8(6)5-9;1-2-3-1/h4-6,11,16,18H,3,7-10,12H2,1-2H3,(H,26,30);5-6H,1-3H2;1-3H2. The van der Waals surface area contributed by atoms with Crippen molar-refractivity contribution >= 4 is 24.0 Å². The van der Waals surface area contributed by atoms with Crippen LogP contribution in [0.2, 0.25) is 0 Å². The van der Waals surface area contributed by atoms with Gasteiger partial charge in [0.05, 0.1) is 23.4 Å². The second kappa shape index (κ2) is 14.7. The number of anilines is 1. The van der Waals surface area contributed by atoms with E-state index < -0.39 is 23.7 Å². The van der Waals surface area contributed by atoms with Gasteiger partial charge in [0, 0.05) is 43.9 Å². The number of likely N-dealkylation sites (tertiary alicyclic amines) is 1. The van der Waals surface area contributed by atoms with Crippen molar-refractivity contribution in [3.05, 3.63) is 46.6 Å². The lowest BCUT2D eigenvalue weighted by molar-refractivity contribution is -0.137. The summed E-state index contributed by atoms with van der Waals surface area (Å²) in [4.78, 5) is 39.2. The van der Waals surface area contributed by atoms with Crippen molar-refractivity contribution in [1.29, 1.82) is 5.26 Å². The third kappa shape index (κ3) is 7.96.